The van der Waals surface area contributed by atoms with Gasteiger partial charge in [0.15, 0.2) is 0 Å². The van der Waals surface area contributed by atoms with Gasteiger partial charge in [0.25, 0.3) is 0 Å². The van der Waals surface area contributed by atoms with Gasteiger partial charge in [0.05, 0.1) is 18.9 Å². The molecule has 88 valence electrons. The topological polar surface area (TPSA) is 38.5 Å². The van der Waals surface area contributed by atoms with Gasteiger partial charge >= 0.3 is 0 Å². The highest BCUT2D eigenvalue weighted by Crippen LogP contribution is 2.29. The molecule has 0 atom stereocenters. The molecule has 1 fully saturated rings. The summed E-state index contributed by atoms with van der Waals surface area (Å²) in [6, 6.07) is 6.77. The largest absolute Gasteiger partial charge is 0.380 e. The second-order valence-corrected chi connectivity index (χ2v) is 4.50. The highest BCUT2D eigenvalue weighted by Gasteiger charge is 2.38. The zero-order chi connectivity index (χ0) is 11.6. The Labute approximate surface area is 95.0 Å². The second-order valence-electron chi connectivity index (χ2n) is 4.50. The first-order valence-electron chi connectivity index (χ1n) is 5.40. The standard InChI is InChI=1S/C12H17FN2O/c1-15(7-12(6-14)8-16-9-12)11-5-3-2-4-10(11)13/h2-5H,6-9,14H2,1H3. The lowest BCUT2D eigenvalue weighted by atomic mass is 9.85. The quantitative estimate of drug-likeness (QED) is 0.836. The number of nitrogens with zero attached hydrogens (tertiary/aromatic N) is 1. The SMILES string of the molecule is CN(CC1(CN)COC1)c1ccccc1F. The third-order valence-electron chi connectivity index (χ3n) is 3.09. The Balaban J connectivity index is 2.08. The maximum absolute atomic E-state index is 13.5. The molecule has 1 aliphatic rings. The molecule has 4 heteroatoms. The minimum atomic E-state index is -0.197. The summed E-state index contributed by atoms with van der Waals surface area (Å²) >= 11 is 0. The average Bonchev–Trinajstić information content (AvgIpc) is 2.24. The van der Waals surface area contributed by atoms with Crippen LogP contribution < -0.4 is 10.6 Å². The maximum atomic E-state index is 13.5. The van der Waals surface area contributed by atoms with Gasteiger partial charge in [-0.3, -0.25) is 0 Å². The molecule has 1 aromatic rings. The number of hydrogen-bond donors (Lipinski definition) is 1. The Morgan fingerprint density at radius 1 is 1.44 bits per heavy atom. The van der Waals surface area contributed by atoms with Crippen LogP contribution in [0.4, 0.5) is 10.1 Å². The fourth-order valence-electron chi connectivity index (χ4n) is 2.01. The molecule has 0 radical (unpaired) electrons. The van der Waals surface area contributed by atoms with Gasteiger partial charge in [-0.05, 0) is 12.1 Å². The summed E-state index contributed by atoms with van der Waals surface area (Å²) in [6.07, 6.45) is 0. The molecule has 2 rings (SSSR count). The molecule has 1 aliphatic heterocycles. The zero-order valence-corrected chi connectivity index (χ0v) is 9.45. The van der Waals surface area contributed by atoms with E-state index in [2.05, 4.69) is 0 Å². The number of benzene rings is 1. The van der Waals surface area contributed by atoms with E-state index in [0.717, 1.165) is 6.54 Å². The predicted molar refractivity (Wildman–Crippen MR) is 62.0 cm³/mol. The van der Waals surface area contributed by atoms with Gasteiger partial charge in [-0.2, -0.15) is 0 Å². The van der Waals surface area contributed by atoms with Crippen LogP contribution in [0.15, 0.2) is 24.3 Å². The Morgan fingerprint density at radius 3 is 2.62 bits per heavy atom. The van der Waals surface area contributed by atoms with E-state index < -0.39 is 0 Å². The number of nitrogens with two attached hydrogens (primary N) is 1. The first-order valence-corrected chi connectivity index (χ1v) is 5.40. The van der Waals surface area contributed by atoms with Crippen molar-refractivity contribution in [2.24, 2.45) is 11.1 Å². The Morgan fingerprint density at radius 2 is 2.12 bits per heavy atom. The van der Waals surface area contributed by atoms with Gasteiger partial charge in [-0.1, -0.05) is 12.1 Å². The van der Waals surface area contributed by atoms with E-state index >= 15 is 0 Å². The Hall–Kier alpha value is -1.13. The number of hydrogen-bond acceptors (Lipinski definition) is 3. The van der Waals surface area contributed by atoms with E-state index in [1.54, 1.807) is 12.1 Å². The molecule has 0 spiro atoms. The van der Waals surface area contributed by atoms with Crippen LogP contribution in [0.2, 0.25) is 0 Å². The summed E-state index contributed by atoms with van der Waals surface area (Å²) in [5.74, 6) is -0.197. The van der Waals surface area contributed by atoms with E-state index in [0.29, 0.717) is 25.4 Å². The van der Waals surface area contributed by atoms with E-state index in [9.17, 15) is 4.39 Å². The number of ether oxygens (including phenoxy) is 1. The van der Waals surface area contributed by atoms with Crippen molar-refractivity contribution in [1.82, 2.24) is 0 Å². The van der Waals surface area contributed by atoms with Crippen LogP contribution in [0.3, 0.4) is 0 Å². The van der Waals surface area contributed by atoms with Crippen LogP contribution in [0.25, 0.3) is 0 Å². The van der Waals surface area contributed by atoms with Crippen LogP contribution in [0.1, 0.15) is 0 Å². The van der Waals surface area contributed by atoms with E-state index in [4.69, 9.17) is 10.5 Å². The summed E-state index contributed by atoms with van der Waals surface area (Å²) in [5, 5.41) is 0. The van der Waals surface area contributed by atoms with E-state index in [1.807, 2.05) is 18.0 Å². The highest BCUT2D eigenvalue weighted by atomic mass is 19.1. The smallest absolute Gasteiger partial charge is 0.146 e. The lowest BCUT2D eigenvalue weighted by molar-refractivity contribution is -0.101. The molecule has 3 nitrogen and oxygen atoms in total. The second kappa shape index (κ2) is 4.39. The van der Waals surface area contributed by atoms with Crippen molar-refractivity contribution in [3.8, 4) is 0 Å². The summed E-state index contributed by atoms with van der Waals surface area (Å²) in [5.41, 5.74) is 6.34. The number of anilines is 1. The fraction of sp³-hybridized carbons (Fsp3) is 0.500. The molecule has 0 saturated carbocycles. The molecular formula is C12H17FN2O. The van der Waals surface area contributed by atoms with Crippen molar-refractivity contribution in [3.05, 3.63) is 30.1 Å². The molecule has 1 aromatic carbocycles. The first-order chi connectivity index (χ1) is 7.67. The number of rotatable bonds is 4. The lowest BCUT2D eigenvalue weighted by Crippen LogP contribution is -2.54. The molecule has 1 heterocycles. The van der Waals surface area contributed by atoms with Crippen molar-refractivity contribution in [3.63, 3.8) is 0 Å². The molecule has 16 heavy (non-hydrogen) atoms. The predicted octanol–water partition coefficient (Wildman–Crippen LogP) is 1.24. The summed E-state index contributed by atoms with van der Waals surface area (Å²) < 4.78 is 18.7. The van der Waals surface area contributed by atoms with Gasteiger partial charge in [0, 0.05) is 25.6 Å². The maximum Gasteiger partial charge on any atom is 0.146 e. The Kier molecular flexibility index (Phi) is 3.12. The molecule has 0 unspecified atom stereocenters. The van der Waals surface area contributed by atoms with Gasteiger partial charge in [0.2, 0.25) is 0 Å². The van der Waals surface area contributed by atoms with Crippen molar-refractivity contribution >= 4 is 5.69 Å². The van der Waals surface area contributed by atoms with Crippen LogP contribution in [0, 0.1) is 11.2 Å². The fourth-order valence-corrected chi connectivity index (χ4v) is 2.01. The van der Waals surface area contributed by atoms with E-state index in [-0.39, 0.29) is 11.2 Å². The normalized spacial score (nSPS) is 17.9. The minimum absolute atomic E-state index is 0.00295. The van der Waals surface area contributed by atoms with E-state index in [1.165, 1.54) is 6.07 Å². The molecular weight excluding hydrogens is 207 g/mol. The zero-order valence-electron chi connectivity index (χ0n) is 9.45. The van der Waals surface area contributed by atoms with Crippen molar-refractivity contribution in [1.29, 1.82) is 0 Å². The van der Waals surface area contributed by atoms with Crippen LogP contribution >= 0.6 is 0 Å². The number of para-hydroxylation sites is 1. The molecule has 0 amide bonds. The highest BCUT2D eigenvalue weighted by molar-refractivity contribution is 5.47. The van der Waals surface area contributed by atoms with Gasteiger partial charge < -0.3 is 15.4 Å². The van der Waals surface area contributed by atoms with Gasteiger partial charge in [0.1, 0.15) is 5.82 Å². The summed E-state index contributed by atoms with van der Waals surface area (Å²) in [7, 11) is 1.88. The minimum Gasteiger partial charge on any atom is -0.380 e. The van der Waals surface area contributed by atoms with Gasteiger partial charge in [-0.25, -0.2) is 4.39 Å². The molecule has 0 bridgehead atoms. The third kappa shape index (κ3) is 2.03. The van der Waals surface area contributed by atoms with Gasteiger partial charge in [-0.15, -0.1) is 0 Å². The monoisotopic (exact) mass is 224 g/mol. The average molecular weight is 224 g/mol. The van der Waals surface area contributed by atoms with Crippen LogP contribution in [-0.4, -0.2) is 33.4 Å². The molecule has 0 aliphatic carbocycles. The van der Waals surface area contributed by atoms with Crippen LogP contribution in [-0.2, 0) is 4.74 Å². The number of halogens is 1. The van der Waals surface area contributed by atoms with Crippen LogP contribution in [0.5, 0.6) is 0 Å². The van der Waals surface area contributed by atoms with Crippen molar-refractivity contribution in [2.75, 3.05) is 38.3 Å². The molecule has 0 aromatic heterocycles. The first kappa shape index (κ1) is 11.4. The van der Waals surface area contributed by atoms with Crippen molar-refractivity contribution < 1.29 is 9.13 Å². The van der Waals surface area contributed by atoms with Crippen molar-refractivity contribution in [2.45, 2.75) is 0 Å². The Bertz CT molecular complexity index is 360. The summed E-state index contributed by atoms with van der Waals surface area (Å²) in [6.45, 7) is 2.64. The molecule has 1 saturated heterocycles. The third-order valence-corrected chi connectivity index (χ3v) is 3.09. The summed E-state index contributed by atoms with van der Waals surface area (Å²) in [4.78, 5) is 1.91. The molecule has 2 N–H and O–H groups in total. The lowest BCUT2D eigenvalue weighted by Gasteiger charge is -2.43.